The smallest absolute Gasteiger partial charge is 0.254 e. The summed E-state index contributed by atoms with van der Waals surface area (Å²) < 4.78 is 2.65. The number of rotatable bonds is 4. The third-order valence-electron chi connectivity index (χ3n) is 14.8. The molecule has 2 aliphatic heterocycles. The fourth-order valence-electron chi connectivity index (χ4n) is 12.1. The van der Waals surface area contributed by atoms with Crippen molar-refractivity contribution in [3.05, 3.63) is 237 Å². The largest absolute Gasteiger partial charge is 0.310 e. The van der Waals surface area contributed by atoms with Crippen LogP contribution in [0, 0.1) is 0 Å². The van der Waals surface area contributed by atoms with E-state index in [0.717, 1.165) is 0 Å². The Morgan fingerprint density at radius 1 is 0.279 bits per heavy atom. The minimum Gasteiger partial charge on any atom is -0.310 e. The van der Waals surface area contributed by atoms with Crippen molar-refractivity contribution < 1.29 is 0 Å². The van der Waals surface area contributed by atoms with Crippen molar-refractivity contribution in [1.29, 1.82) is 0 Å². The molecule has 0 bridgehead atoms. The van der Waals surface area contributed by atoms with Crippen LogP contribution in [0.1, 0.15) is 0 Å². The SMILES string of the molecule is c1ccc(-c2c(N3c4ccccc4B4c5c3cccc5N(c3c(-c5ccccc5)c5ccccc5c5ccccc35)c3ccc5c(sc6ccccc65)c34)c3ccccc3c3ccccc23)cc1. The lowest BCUT2D eigenvalue weighted by Crippen LogP contribution is -2.61. The molecule has 0 unspecified atom stereocenters. The van der Waals surface area contributed by atoms with Crippen LogP contribution in [-0.4, -0.2) is 6.71 Å². The Labute approximate surface area is 398 Å². The predicted molar refractivity (Wildman–Crippen MR) is 294 cm³/mol. The van der Waals surface area contributed by atoms with Crippen molar-refractivity contribution >= 4 is 132 Å². The molecule has 0 saturated heterocycles. The van der Waals surface area contributed by atoms with E-state index in [0.29, 0.717) is 0 Å². The minimum absolute atomic E-state index is 0.0459. The molecule has 0 spiro atoms. The summed E-state index contributed by atoms with van der Waals surface area (Å²) in [5.74, 6) is 0. The summed E-state index contributed by atoms with van der Waals surface area (Å²) in [5, 5.41) is 12.6. The Morgan fingerprint density at radius 3 is 1.26 bits per heavy atom. The third kappa shape index (κ3) is 5.18. The molecule has 68 heavy (non-hydrogen) atoms. The zero-order valence-electron chi connectivity index (χ0n) is 36.9. The molecule has 1 aromatic heterocycles. The zero-order valence-corrected chi connectivity index (χ0v) is 37.7. The molecule has 13 aromatic rings. The lowest BCUT2D eigenvalue weighted by atomic mass is 9.33. The second kappa shape index (κ2) is 14.5. The van der Waals surface area contributed by atoms with E-state index in [2.05, 4.69) is 246 Å². The molecule has 0 fully saturated rings. The van der Waals surface area contributed by atoms with Crippen LogP contribution >= 0.6 is 11.3 Å². The number of benzene rings is 12. The average molecular weight is 879 g/mol. The van der Waals surface area contributed by atoms with Gasteiger partial charge in [-0.2, -0.15) is 0 Å². The van der Waals surface area contributed by atoms with Gasteiger partial charge in [-0.1, -0.05) is 206 Å². The lowest BCUT2D eigenvalue weighted by Gasteiger charge is -2.45. The minimum atomic E-state index is -0.0459. The first-order valence-electron chi connectivity index (χ1n) is 23.6. The third-order valence-corrected chi connectivity index (χ3v) is 16.0. The summed E-state index contributed by atoms with van der Waals surface area (Å²) in [4.78, 5) is 5.29. The molecule has 12 aromatic carbocycles. The summed E-state index contributed by atoms with van der Waals surface area (Å²) in [6.07, 6.45) is 0. The van der Waals surface area contributed by atoms with Crippen LogP contribution < -0.4 is 26.2 Å². The maximum absolute atomic E-state index is 2.66. The number of para-hydroxylation sites is 1. The van der Waals surface area contributed by atoms with Crippen molar-refractivity contribution in [1.82, 2.24) is 0 Å². The fourth-order valence-corrected chi connectivity index (χ4v) is 13.4. The molecule has 0 amide bonds. The summed E-state index contributed by atoms with van der Waals surface area (Å²) in [7, 11) is 0. The van der Waals surface area contributed by atoms with E-state index >= 15 is 0 Å². The molecule has 2 nitrogen and oxygen atoms in total. The summed E-state index contributed by atoms with van der Waals surface area (Å²) in [6, 6.07) is 88.4. The quantitative estimate of drug-likeness (QED) is 0.128. The standard InChI is InChI=1S/C64H39BN2S/c1-3-20-40(21-4-1)58-47-29-11-7-24-42(47)44-26-9-13-31-49(44)62(58)66-53-34-17-16-33-52(53)65-60-54(66)35-19-36-55(60)67(56-39-38-51-46-28-15-18-37-57(46)68-64(51)61(56)65)63-50-32-14-10-27-45(50)43-25-8-12-30-48(43)59(63)41-22-5-2-6-23-41/h1-39H. The van der Waals surface area contributed by atoms with E-state index in [9.17, 15) is 0 Å². The molecule has 4 heteroatoms. The highest BCUT2D eigenvalue weighted by Crippen LogP contribution is 2.55. The fraction of sp³-hybridized carbons (Fsp3) is 0. The van der Waals surface area contributed by atoms with Crippen LogP contribution in [0.15, 0.2) is 237 Å². The predicted octanol–water partition coefficient (Wildman–Crippen LogP) is 16.1. The van der Waals surface area contributed by atoms with Crippen LogP contribution in [-0.2, 0) is 0 Å². The van der Waals surface area contributed by atoms with Gasteiger partial charge in [0.1, 0.15) is 0 Å². The Kier molecular flexibility index (Phi) is 8.07. The maximum Gasteiger partial charge on any atom is 0.254 e. The Morgan fingerprint density at radius 2 is 0.691 bits per heavy atom. The Hall–Kier alpha value is -8.44. The van der Waals surface area contributed by atoms with Crippen molar-refractivity contribution in [2.45, 2.75) is 0 Å². The van der Waals surface area contributed by atoms with E-state index < -0.39 is 0 Å². The van der Waals surface area contributed by atoms with E-state index in [-0.39, 0.29) is 6.71 Å². The van der Waals surface area contributed by atoms with Gasteiger partial charge in [0.25, 0.3) is 6.71 Å². The normalized spacial score (nSPS) is 12.9. The van der Waals surface area contributed by atoms with E-state index in [1.807, 2.05) is 11.3 Å². The number of hydrogen-bond acceptors (Lipinski definition) is 3. The highest BCUT2D eigenvalue weighted by molar-refractivity contribution is 7.28. The van der Waals surface area contributed by atoms with Crippen molar-refractivity contribution in [2.24, 2.45) is 0 Å². The number of anilines is 6. The van der Waals surface area contributed by atoms with Crippen molar-refractivity contribution in [2.75, 3.05) is 9.80 Å². The first-order valence-corrected chi connectivity index (χ1v) is 24.4. The highest BCUT2D eigenvalue weighted by atomic mass is 32.1. The van der Waals surface area contributed by atoms with Gasteiger partial charge in [0, 0.05) is 59.4 Å². The summed E-state index contributed by atoms with van der Waals surface area (Å²) in [5.41, 5.74) is 16.1. The molecule has 3 heterocycles. The van der Waals surface area contributed by atoms with Crippen LogP contribution in [0.2, 0.25) is 0 Å². The lowest BCUT2D eigenvalue weighted by molar-refractivity contribution is 1.27. The molecule has 0 atom stereocenters. The molecule has 0 radical (unpaired) electrons. The highest BCUT2D eigenvalue weighted by Gasteiger charge is 2.46. The molecule has 2 aliphatic rings. The average Bonchev–Trinajstić information content (AvgIpc) is 3.80. The van der Waals surface area contributed by atoms with Gasteiger partial charge >= 0.3 is 0 Å². The second-order valence-corrected chi connectivity index (χ2v) is 19.3. The zero-order chi connectivity index (χ0) is 44.5. The van der Waals surface area contributed by atoms with Crippen LogP contribution in [0.25, 0.3) is 85.5 Å². The van der Waals surface area contributed by atoms with Crippen LogP contribution in [0.3, 0.4) is 0 Å². The van der Waals surface area contributed by atoms with Gasteiger partial charge in [0.15, 0.2) is 0 Å². The van der Waals surface area contributed by atoms with Crippen molar-refractivity contribution in [3.8, 4) is 22.3 Å². The molecule has 0 aliphatic carbocycles. The molecule has 314 valence electrons. The van der Waals surface area contributed by atoms with Gasteiger partial charge in [-0.05, 0) is 95.6 Å². The van der Waals surface area contributed by atoms with Gasteiger partial charge in [0.2, 0.25) is 0 Å². The second-order valence-electron chi connectivity index (χ2n) is 18.2. The van der Waals surface area contributed by atoms with E-state index in [4.69, 9.17) is 0 Å². The number of thiophene rings is 1. The van der Waals surface area contributed by atoms with Crippen molar-refractivity contribution in [3.63, 3.8) is 0 Å². The topological polar surface area (TPSA) is 6.48 Å². The van der Waals surface area contributed by atoms with E-state index in [1.54, 1.807) is 0 Å². The number of hydrogen-bond donors (Lipinski definition) is 0. The summed E-state index contributed by atoms with van der Waals surface area (Å²) in [6.45, 7) is -0.0459. The van der Waals surface area contributed by atoms with E-state index in [1.165, 1.54) is 136 Å². The first kappa shape index (κ1) is 37.8. The monoisotopic (exact) mass is 878 g/mol. The summed E-state index contributed by atoms with van der Waals surface area (Å²) >= 11 is 1.94. The molecule has 15 rings (SSSR count). The van der Waals surface area contributed by atoms with Crippen LogP contribution in [0.4, 0.5) is 34.1 Å². The van der Waals surface area contributed by atoms with Gasteiger partial charge in [-0.25, -0.2) is 0 Å². The number of nitrogens with zero attached hydrogens (tertiary/aromatic N) is 2. The molecule has 0 saturated carbocycles. The maximum atomic E-state index is 2.66. The van der Waals surface area contributed by atoms with Crippen LogP contribution in [0.5, 0.6) is 0 Å². The van der Waals surface area contributed by atoms with Gasteiger partial charge in [-0.15, -0.1) is 11.3 Å². The molecular formula is C64H39BN2S. The first-order chi connectivity index (χ1) is 33.8. The van der Waals surface area contributed by atoms with Gasteiger partial charge in [-0.3, -0.25) is 0 Å². The van der Waals surface area contributed by atoms with Gasteiger partial charge < -0.3 is 9.80 Å². The Balaban J connectivity index is 1.14. The molecular weight excluding hydrogens is 840 g/mol. The van der Waals surface area contributed by atoms with Gasteiger partial charge in [0.05, 0.1) is 11.4 Å². The molecule has 0 N–H and O–H groups in total. The number of fused-ring (bicyclic) bond motifs is 14. The Bertz CT molecular complexity index is 4220.